The number of imidazole rings is 1. The zero-order chi connectivity index (χ0) is 13.5. The van der Waals surface area contributed by atoms with E-state index in [1.54, 1.807) is 0 Å². The Hall–Kier alpha value is -1.62. The van der Waals surface area contributed by atoms with E-state index in [0.29, 0.717) is 12.5 Å². The van der Waals surface area contributed by atoms with Crippen LogP contribution in [0.5, 0.6) is 5.88 Å². The SMILES string of the molecule is CCOc1ccc2[nH]c(CCCCCCN)nc2n1. The van der Waals surface area contributed by atoms with E-state index in [1.807, 2.05) is 19.1 Å². The Morgan fingerprint density at radius 2 is 2.00 bits per heavy atom. The smallest absolute Gasteiger partial charge is 0.215 e. The van der Waals surface area contributed by atoms with Crippen LogP contribution in [0.15, 0.2) is 12.1 Å². The average molecular weight is 262 g/mol. The number of unbranched alkanes of at least 4 members (excludes halogenated alkanes) is 3. The Bertz CT molecular complexity index is 509. The predicted octanol–water partition coefficient (Wildman–Crippen LogP) is 2.42. The van der Waals surface area contributed by atoms with Gasteiger partial charge >= 0.3 is 0 Å². The fourth-order valence-corrected chi connectivity index (χ4v) is 2.06. The summed E-state index contributed by atoms with van der Waals surface area (Å²) in [5.41, 5.74) is 7.18. The highest BCUT2D eigenvalue weighted by Gasteiger charge is 2.05. The third-order valence-electron chi connectivity index (χ3n) is 3.03. The van der Waals surface area contributed by atoms with E-state index in [0.717, 1.165) is 42.8 Å². The standard InChI is InChI=1S/C14H22N4O/c1-2-19-13-9-8-11-14(18-13)17-12(16-11)7-5-3-4-6-10-15/h8-9H,2-7,10,15H2,1H3,(H,16,17,18). The highest BCUT2D eigenvalue weighted by molar-refractivity contribution is 5.71. The molecule has 0 saturated heterocycles. The quantitative estimate of drug-likeness (QED) is 0.716. The van der Waals surface area contributed by atoms with Crippen molar-refractivity contribution >= 4 is 11.2 Å². The number of fused-ring (bicyclic) bond motifs is 1. The molecule has 2 aromatic heterocycles. The molecule has 0 aliphatic heterocycles. The third kappa shape index (κ3) is 3.92. The first-order valence-corrected chi connectivity index (χ1v) is 7.02. The summed E-state index contributed by atoms with van der Waals surface area (Å²) in [4.78, 5) is 12.2. The van der Waals surface area contributed by atoms with Gasteiger partial charge in [0.1, 0.15) is 5.82 Å². The number of nitrogens with two attached hydrogens (primary N) is 1. The lowest BCUT2D eigenvalue weighted by atomic mass is 10.1. The highest BCUT2D eigenvalue weighted by Crippen LogP contribution is 2.15. The number of hydrogen-bond acceptors (Lipinski definition) is 4. The van der Waals surface area contributed by atoms with Crippen molar-refractivity contribution in [1.82, 2.24) is 15.0 Å². The van der Waals surface area contributed by atoms with Crippen LogP contribution in [0.1, 0.15) is 38.4 Å². The van der Waals surface area contributed by atoms with Crippen molar-refractivity contribution in [2.75, 3.05) is 13.2 Å². The molecule has 2 rings (SSSR count). The normalized spacial score (nSPS) is 11.1. The summed E-state index contributed by atoms with van der Waals surface area (Å²) >= 11 is 0. The van der Waals surface area contributed by atoms with E-state index in [9.17, 15) is 0 Å². The average Bonchev–Trinajstić information content (AvgIpc) is 2.81. The van der Waals surface area contributed by atoms with E-state index >= 15 is 0 Å². The van der Waals surface area contributed by atoms with Crippen LogP contribution in [0.3, 0.4) is 0 Å². The molecule has 0 fully saturated rings. The maximum Gasteiger partial charge on any atom is 0.215 e. The molecular weight excluding hydrogens is 240 g/mol. The summed E-state index contributed by atoms with van der Waals surface area (Å²) in [6, 6.07) is 3.84. The number of ether oxygens (including phenoxy) is 1. The summed E-state index contributed by atoms with van der Waals surface area (Å²) in [6.45, 7) is 3.36. The number of aryl methyl sites for hydroxylation is 1. The van der Waals surface area contributed by atoms with Crippen molar-refractivity contribution in [3.63, 3.8) is 0 Å². The number of pyridine rings is 1. The first-order valence-electron chi connectivity index (χ1n) is 7.02. The zero-order valence-electron chi connectivity index (χ0n) is 11.5. The molecule has 0 aromatic carbocycles. The molecule has 0 amide bonds. The minimum Gasteiger partial charge on any atom is -0.478 e. The van der Waals surface area contributed by atoms with Crippen LogP contribution in [-0.4, -0.2) is 28.1 Å². The van der Waals surface area contributed by atoms with Crippen molar-refractivity contribution in [2.45, 2.75) is 39.0 Å². The molecular formula is C14H22N4O. The molecule has 0 bridgehead atoms. The highest BCUT2D eigenvalue weighted by atomic mass is 16.5. The first-order chi connectivity index (χ1) is 9.33. The van der Waals surface area contributed by atoms with Crippen molar-refractivity contribution < 1.29 is 4.74 Å². The number of aromatic amines is 1. The van der Waals surface area contributed by atoms with E-state index in [4.69, 9.17) is 10.5 Å². The summed E-state index contributed by atoms with van der Waals surface area (Å²) in [5.74, 6) is 1.64. The molecule has 0 aliphatic carbocycles. The van der Waals surface area contributed by atoms with Gasteiger partial charge in [-0.05, 0) is 32.4 Å². The number of hydrogen-bond donors (Lipinski definition) is 2. The number of H-pyrrole nitrogens is 1. The Labute approximate surface area is 113 Å². The molecule has 0 spiro atoms. The third-order valence-corrected chi connectivity index (χ3v) is 3.03. The summed E-state index contributed by atoms with van der Waals surface area (Å²) in [7, 11) is 0. The van der Waals surface area contributed by atoms with Gasteiger partial charge in [0, 0.05) is 12.5 Å². The maximum absolute atomic E-state index is 5.47. The van der Waals surface area contributed by atoms with Crippen molar-refractivity contribution in [3.8, 4) is 5.88 Å². The van der Waals surface area contributed by atoms with Crippen LogP contribution in [-0.2, 0) is 6.42 Å². The van der Waals surface area contributed by atoms with Gasteiger partial charge in [-0.25, -0.2) is 4.98 Å². The first kappa shape index (κ1) is 13.8. The molecule has 0 unspecified atom stereocenters. The Morgan fingerprint density at radius 3 is 2.79 bits per heavy atom. The lowest BCUT2D eigenvalue weighted by Crippen LogP contribution is -1.98. The lowest BCUT2D eigenvalue weighted by Gasteiger charge is -1.99. The van der Waals surface area contributed by atoms with Crippen LogP contribution < -0.4 is 10.5 Å². The van der Waals surface area contributed by atoms with Gasteiger partial charge in [0.15, 0.2) is 5.65 Å². The van der Waals surface area contributed by atoms with Crippen molar-refractivity contribution in [1.29, 1.82) is 0 Å². The Balaban J connectivity index is 1.93. The van der Waals surface area contributed by atoms with Crippen molar-refractivity contribution in [3.05, 3.63) is 18.0 Å². The Kier molecular flexibility index (Phi) is 5.15. The minimum absolute atomic E-state index is 0.622. The van der Waals surface area contributed by atoms with E-state index < -0.39 is 0 Å². The van der Waals surface area contributed by atoms with Crippen LogP contribution in [0.4, 0.5) is 0 Å². The van der Waals surface area contributed by atoms with Gasteiger partial charge in [0.05, 0.1) is 12.1 Å². The van der Waals surface area contributed by atoms with E-state index in [1.165, 1.54) is 12.8 Å². The zero-order valence-corrected chi connectivity index (χ0v) is 11.5. The molecule has 5 nitrogen and oxygen atoms in total. The molecule has 2 heterocycles. The molecule has 0 aliphatic rings. The second-order valence-corrected chi connectivity index (χ2v) is 4.59. The topological polar surface area (TPSA) is 76.8 Å². The van der Waals surface area contributed by atoms with Gasteiger partial charge < -0.3 is 15.5 Å². The fourth-order valence-electron chi connectivity index (χ4n) is 2.06. The monoisotopic (exact) mass is 262 g/mol. The van der Waals surface area contributed by atoms with Crippen molar-refractivity contribution in [2.24, 2.45) is 5.73 Å². The molecule has 0 atom stereocenters. The molecule has 0 radical (unpaired) electrons. The van der Waals surface area contributed by atoms with Gasteiger partial charge in [0.25, 0.3) is 0 Å². The molecule has 2 aromatic rings. The lowest BCUT2D eigenvalue weighted by molar-refractivity contribution is 0.328. The summed E-state index contributed by atoms with van der Waals surface area (Å²) in [6.07, 6.45) is 5.61. The molecule has 0 saturated carbocycles. The van der Waals surface area contributed by atoms with Crippen LogP contribution >= 0.6 is 0 Å². The second-order valence-electron chi connectivity index (χ2n) is 4.59. The van der Waals surface area contributed by atoms with Gasteiger partial charge in [-0.1, -0.05) is 12.8 Å². The molecule has 5 heteroatoms. The minimum atomic E-state index is 0.622. The predicted molar refractivity (Wildman–Crippen MR) is 76.3 cm³/mol. The Morgan fingerprint density at radius 1 is 1.16 bits per heavy atom. The number of nitrogens with zero attached hydrogens (tertiary/aromatic N) is 2. The molecule has 19 heavy (non-hydrogen) atoms. The van der Waals surface area contributed by atoms with Crippen LogP contribution in [0.2, 0.25) is 0 Å². The van der Waals surface area contributed by atoms with E-state index in [-0.39, 0.29) is 0 Å². The number of nitrogens with one attached hydrogen (secondary N) is 1. The summed E-state index contributed by atoms with van der Waals surface area (Å²) < 4.78 is 5.37. The van der Waals surface area contributed by atoms with Gasteiger partial charge in [0.2, 0.25) is 5.88 Å². The van der Waals surface area contributed by atoms with Gasteiger partial charge in [-0.2, -0.15) is 4.98 Å². The van der Waals surface area contributed by atoms with Crippen LogP contribution in [0.25, 0.3) is 11.2 Å². The van der Waals surface area contributed by atoms with Crippen LogP contribution in [0, 0.1) is 0 Å². The maximum atomic E-state index is 5.47. The van der Waals surface area contributed by atoms with E-state index in [2.05, 4.69) is 15.0 Å². The van der Waals surface area contributed by atoms with Gasteiger partial charge in [-0.3, -0.25) is 0 Å². The molecule has 3 N–H and O–H groups in total. The molecule has 104 valence electrons. The summed E-state index contributed by atoms with van der Waals surface area (Å²) in [5, 5.41) is 0. The number of rotatable bonds is 8. The number of aromatic nitrogens is 3. The van der Waals surface area contributed by atoms with Gasteiger partial charge in [-0.15, -0.1) is 0 Å². The largest absolute Gasteiger partial charge is 0.478 e. The second kappa shape index (κ2) is 7.09. The fraction of sp³-hybridized carbons (Fsp3) is 0.571.